The van der Waals surface area contributed by atoms with Gasteiger partial charge in [-0.3, -0.25) is 0 Å². The first-order valence-corrected chi connectivity index (χ1v) is 5.65. The lowest BCUT2D eigenvalue weighted by molar-refractivity contribution is 0.374. The Morgan fingerprint density at radius 2 is 2.13 bits per heavy atom. The van der Waals surface area contributed by atoms with Crippen LogP contribution in [0.3, 0.4) is 0 Å². The van der Waals surface area contributed by atoms with Gasteiger partial charge in [-0.1, -0.05) is 23.7 Å². The van der Waals surface area contributed by atoms with Crippen LogP contribution in [0.2, 0.25) is 5.02 Å². The summed E-state index contributed by atoms with van der Waals surface area (Å²) in [5.41, 5.74) is 7.13. The molecule has 1 atom stereocenters. The number of hydrogen-bond acceptors (Lipinski definition) is 1. The summed E-state index contributed by atoms with van der Waals surface area (Å²) in [7, 11) is 0. The summed E-state index contributed by atoms with van der Waals surface area (Å²) in [6.07, 6.45) is 1.98. The normalized spacial score (nSPS) is 12.8. The second kappa shape index (κ2) is 6.09. The fraction of sp³-hybridized carbons (Fsp3) is 0.500. The van der Waals surface area contributed by atoms with Gasteiger partial charge in [-0.2, -0.15) is 0 Å². The molecule has 0 radical (unpaired) electrons. The number of nitrogens with two attached hydrogens (primary N) is 1. The van der Waals surface area contributed by atoms with E-state index in [9.17, 15) is 4.39 Å². The van der Waals surface area contributed by atoms with Crippen molar-refractivity contribution >= 4 is 11.6 Å². The molecule has 0 fully saturated rings. The maximum absolute atomic E-state index is 13.0. The highest BCUT2D eigenvalue weighted by Gasteiger charge is 2.06. The molecular formula is C12H17ClFN. The van der Waals surface area contributed by atoms with Crippen molar-refractivity contribution in [1.29, 1.82) is 0 Å². The standard InChI is InChI=1S/C12H17ClFN/c1-9(14)11-6-5-10(12(13)8-11)4-2-3-7-15/h5-6,8-9H,2-4,7,15H2,1H3. The summed E-state index contributed by atoms with van der Waals surface area (Å²) in [6.45, 7) is 2.22. The first-order chi connectivity index (χ1) is 7.15. The summed E-state index contributed by atoms with van der Waals surface area (Å²) in [5.74, 6) is 0. The summed E-state index contributed by atoms with van der Waals surface area (Å²) >= 11 is 6.05. The van der Waals surface area contributed by atoms with Crippen molar-refractivity contribution in [2.45, 2.75) is 32.4 Å². The first-order valence-electron chi connectivity index (χ1n) is 5.27. The highest BCUT2D eigenvalue weighted by molar-refractivity contribution is 6.31. The average molecular weight is 230 g/mol. The lowest BCUT2D eigenvalue weighted by Gasteiger charge is -2.07. The van der Waals surface area contributed by atoms with Crippen molar-refractivity contribution < 1.29 is 4.39 Å². The molecule has 0 aliphatic carbocycles. The van der Waals surface area contributed by atoms with Crippen molar-refractivity contribution in [3.8, 4) is 0 Å². The summed E-state index contributed by atoms with van der Waals surface area (Å²) in [4.78, 5) is 0. The fourth-order valence-electron chi connectivity index (χ4n) is 1.47. The highest BCUT2D eigenvalue weighted by Crippen LogP contribution is 2.24. The Kier molecular flexibility index (Phi) is 5.06. The Hall–Kier alpha value is -0.600. The minimum Gasteiger partial charge on any atom is -0.330 e. The Labute approximate surface area is 95.4 Å². The van der Waals surface area contributed by atoms with Crippen molar-refractivity contribution in [3.05, 3.63) is 34.3 Å². The van der Waals surface area contributed by atoms with E-state index in [0.29, 0.717) is 17.1 Å². The van der Waals surface area contributed by atoms with Crippen molar-refractivity contribution in [2.24, 2.45) is 5.73 Å². The van der Waals surface area contributed by atoms with E-state index in [1.807, 2.05) is 6.07 Å². The molecular weight excluding hydrogens is 213 g/mol. The molecule has 2 N–H and O–H groups in total. The predicted molar refractivity (Wildman–Crippen MR) is 63.0 cm³/mol. The third-order valence-corrected chi connectivity index (χ3v) is 2.79. The second-order valence-electron chi connectivity index (χ2n) is 3.71. The second-order valence-corrected chi connectivity index (χ2v) is 4.12. The van der Waals surface area contributed by atoms with E-state index in [2.05, 4.69) is 0 Å². The van der Waals surface area contributed by atoms with Gasteiger partial charge in [-0.05, 0) is 49.9 Å². The Morgan fingerprint density at radius 3 is 2.67 bits per heavy atom. The molecule has 0 bridgehead atoms. The number of halogens is 2. The predicted octanol–water partition coefficient (Wildman–Crippen LogP) is 3.65. The molecule has 1 aromatic rings. The molecule has 1 rings (SSSR count). The molecule has 15 heavy (non-hydrogen) atoms. The van der Waals surface area contributed by atoms with E-state index >= 15 is 0 Å². The van der Waals surface area contributed by atoms with Gasteiger partial charge in [0, 0.05) is 5.02 Å². The zero-order valence-corrected chi connectivity index (χ0v) is 9.73. The van der Waals surface area contributed by atoms with Crippen LogP contribution in [0.4, 0.5) is 4.39 Å². The molecule has 0 heterocycles. The molecule has 0 amide bonds. The van der Waals surface area contributed by atoms with Crippen LogP contribution in [0.15, 0.2) is 18.2 Å². The van der Waals surface area contributed by atoms with Gasteiger partial charge in [-0.25, -0.2) is 4.39 Å². The largest absolute Gasteiger partial charge is 0.330 e. The molecule has 1 nitrogen and oxygen atoms in total. The molecule has 1 unspecified atom stereocenters. The lowest BCUT2D eigenvalue weighted by atomic mass is 10.0. The summed E-state index contributed by atoms with van der Waals surface area (Å²) in [5, 5.41) is 0.661. The van der Waals surface area contributed by atoms with E-state index in [4.69, 9.17) is 17.3 Å². The monoisotopic (exact) mass is 229 g/mol. The Bertz CT molecular complexity index is 312. The van der Waals surface area contributed by atoms with E-state index in [-0.39, 0.29) is 0 Å². The molecule has 0 spiro atoms. The number of aryl methyl sites for hydroxylation is 1. The van der Waals surface area contributed by atoms with Crippen molar-refractivity contribution in [1.82, 2.24) is 0 Å². The molecule has 1 aromatic carbocycles. The summed E-state index contributed by atoms with van der Waals surface area (Å²) < 4.78 is 13.0. The topological polar surface area (TPSA) is 26.0 Å². The number of hydrogen-bond donors (Lipinski definition) is 1. The smallest absolute Gasteiger partial charge is 0.122 e. The fourth-order valence-corrected chi connectivity index (χ4v) is 1.76. The lowest BCUT2D eigenvalue weighted by Crippen LogP contribution is -1.99. The maximum atomic E-state index is 13.0. The Balaban J connectivity index is 2.66. The number of unbranched alkanes of at least 4 members (excludes halogenated alkanes) is 1. The minimum atomic E-state index is -0.958. The van der Waals surface area contributed by atoms with Gasteiger partial charge >= 0.3 is 0 Å². The third kappa shape index (κ3) is 3.80. The summed E-state index contributed by atoms with van der Waals surface area (Å²) in [6, 6.07) is 5.42. The van der Waals surface area contributed by atoms with E-state index < -0.39 is 6.17 Å². The molecule has 0 aliphatic heterocycles. The quantitative estimate of drug-likeness (QED) is 0.767. The number of alkyl halides is 1. The SMILES string of the molecule is CC(F)c1ccc(CCCCN)c(Cl)c1. The maximum Gasteiger partial charge on any atom is 0.122 e. The van der Waals surface area contributed by atoms with Crippen molar-refractivity contribution in [2.75, 3.05) is 6.54 Å². The van der Waals surface area contributed by atoms with E-state index in [0.717, 1.165) is 24.8 Å². The van der Waals surface area contributed by atoms with Gasteiger partial charge in [-0.15, -0.1) is 0 Å². The minimum absolute atomic E-state index is 0.641. The zero-order valence-electron chi connectivity index (χ0n) is 8.97. The molecule has 0 saturated carbocycles. The van der Waals surface area contributed by atoms with Gasteiger partial charge in [0.1, 0.15) is 6.17 Å². The van der Waals surface area contributed by atoms with Crippen LogP contribution >= 0.6 is 11.6 Å². The van der Waals surface area contributed by atoms with Gasteiger partial charge in [0.2, 0.25) is 0 Å². The van der Waals surface area contributed by atoms with Gasteiger partial charge in [0.05, 0.1) is 0 Å². The molecule has 84 valence electrons. The first kappa shape index (κ1) is 12.5. The Morgan fingerprint density at radius 1 is 1.40 bits per heavy atom. The van der Waals surface area contributed by atoms with E-state index in [1.54, 1.807) is 12.1 Å². The number of rotatable bonds is 5. The zero-order chi connectivity index (χ0) is 11.3. The molecule has 0 aromatic heterocycles. The van der Waals surface area contributed by atoms with Crippen LogP contribution in [0.5, 0.6) is 0 Å². The van der Waals surface area contributed by atoms with Gasteiger partial charge in [0.25, 0.3) is 0 Å². The van der Waals surface area contributed by atoms with Crippen LogP contribution < -0.4 is 5.73 Å². The van der Waals surface area contributed by atoms with Crippen LogP contribution in [0.25, 0.3) is 0 Å². The molecule has 0 aliphatic rings. The third-order valence-electron chi connectivity index (χ3n) is 2.44. The van der Waals surface area contributed by atoms with Crippen LogP contribution in [-0.4, -0.2) is 6.54 Å². The molecule has 3 heteroatoms. The highest BCUT2D eigenvalue weighted by atomic mass is 35.5. The average Bonchev–Trinajstić information content (AvgIpc) is 2.20. The molecule has 0 saturated heterocycles. The van der Waals surface area contributed by atoms with Gasteiger partial charge in [0.15, 0.2) is 0 Å². The van der Waals surface area contributed by atoms with Crippen molar-refractivity contribution in [3.63, 3.8) is 0 Å². The van der Waals surface area contributed by atoms with Gasteiger partial charge < -0.3 is 5.73 Å². The van der Waals surface area contributed by atoms with Crippen LogP contribution in [-0.2, 0) is 6.42 Å². The van der Waals surface area contributed by atoms with Crippen LogP contribution in [0, 0.1) is 0 Å². The van der Waals surface area contributed by atoms with E-state index in [1.165, 1.54) is 6.92 Å². The van der Waals surface area contributed by atoms with Crippen LogP contribution in [0.1, 0.15) is 37.1 Å². The number of benzene rings is 1.